The van der Waals surface area contributed by atoms with Gasteiger partial charge in [0, 0.05) is 5.41 Å². The standard InChI is InChI=1S/C29H30P/c1-29(2,23-25-15-7-3-8-16-25)24-30(26-17-9-4-10-18-26,27-19-11-5-12-20-27)28-21-13-6-14-22-28/h3-22H,23-24H2,1-2H3/q+1. The molecule has 0 amide bonds. The van der Waals surface area contributed by atoms with Crippen molar-refractivity contribution in [2.45, 2.75) is 20.3 Å². The van der Waals surface area contributed by atoms with Gasteiger partial charge >= 0.3 is 0 Å². The summed E-state index contributed by atoms with van der Waals surface area (Å²) < 4.78 is 0. The summed E-state index contributed by atoms with van der Waals surface area (Å²) in [6.45, 7) is 4.87. The fourth-order valence-corrected chi connectivity index (χ4v) is 9.50. The van der Waals surface area contributed by atoms with E-state index in [1.165, 1.54) is 21.5 Å². The lowest BCUT2D eigenvalue weighted by atomic mass is 9.88. The summed E-state index contributed by atoms with van der Waals surface area (Å²) >= 11 is 0. The summed E-state index contributed by atoms with van der Waals surface area (Å²) in [5.41, 5.74) is 1.56. The van der Waals surface area contributed by atoms with Crippen LogP contribution in [0.3, 0.4) is 0 Å². The van der Waals surface area contributed by atoms with Gasteiger partial charge in [-0.2, -0.15) is 0 Å². The minimum atomic E-state index is -1.81. The molecule has 0 fully saturated rings. The van der Waals surface area contributed by atoms with Crippen molar-refractivity contribution < 1.29 is 0 Å². The lowest BCUT2D eigenvalue weighted by molar-refractivity contribution is 0.418. The molecule has 0 aromatic heterocycles. The molecule has 30 heavy (non-hydrogen) atoms. The molecule has 0 aliphatic heterocycles. The summed E-state index contributed by atoms with van der Waals surface area (Å²) in [5.74, 6) is 0. The highest BCUT2D eigenvalue weighted by Gasteiger charge is 2.49. The number of hydrogen-bond acceptors (Lipinski definition) is 0. The zero-order valence-corrected chi connectivity index (χ0v) is 18.8. The van der Waals surface area contributed by atoms with E-state index in [9.17, 15) is 0 Å². The predicted molar refractivity (Wildman–Crippen MR) is 134 cm³/mol. The van der Waals surface area contributed by atoms with Crippen LogP contribution in [0.25, 0.3) is 0 Å². The van der Waals surface area contributed by atoms with Gasteiger partial charge in [-0.25, -0.2) is 0 Å². The van der Waals surface area contributed by atoms with E-state index >= 15 is 0 Å². The molecular formula is C29H30P+. The molecule has 0 unspecified atom stereocenters. The van der Waals surface area contributed by atoms with E-state index in [2.05, 4.69) is 135 Å². The third-order valence-electron chi connectivity index (χ3n) is 5.78. The molecule has 4 aromatic carbocycles. The van der Waals surface area contributed by atoms with Crippen LogP contribution in [0.15, 0.2) is 121 Å². The Balaban J connectivity index is 1.89. The van der Waals surface area contributed by atoms with Crippen LogP contribution in [0.5, 0.6) is 0 Å². The Hall–Kier alpha value is -2.69. The highest BCUT2D eigenvalue weighted by atomic mass is 31.2. The van der Waals surface area contributed by atoms with Gasteiger partial charge in [-0.3, -0.25) is 0 Å². The monoisotopic (exact) mass is 409 g/mol. The Morgan fingerprint density at radius 1 is 0.500 bits per heavy atom. The van der Waals surface area contributed by atoms with E-state index in [0.717, 1.165) is 12.6 Å². The molecular weight excluding hydrogens is 379 g/mol. The lowest BCUT2D eigenvalue weighted by Crippen LogP contribution is -2.38. The highest BCUT2D eigenvalue weighted by Crippen LogP contribution is 2.59. The second-order valence-corrected chi connectivity index (χ2v) is 12.3. The first-order valence-electron chi connectivity index (χ1n) is 10.7. The van der Waals surface area contributed by atoms with E-state index in [-0.39, 0.29) is 5.41 Å². The van der Waals surface area contributed by atoms with Crippen molar-refractivity contribution in [3.8, 4) is 0 Å². The fourth-order valence-electron chi connectivity index (χ4n) is 4.61. The molecule has 0 radical (unpaired) electrons. The molecule has 0 spiro atoms. The Morgan fingerprint density at radius 2 is 0.833 bits per heavy atom. The molecule has 0 saturated carbocycles. The molecule has 0 heterocycles. The largest absolute Gasteiger partial charge is 0.112 e. The van der Waals surface area contributed by atoms with Gasteiger partial charge in [0.05, 0.1) is 6.16 Å². The maximum absolute atomic E-state index is 2.43. The first-order valence-corrected chi connectivity index (χ1v) is 12.7. The van der Waals surface area contributed by atoms with Crippen molar-refractivity contribution in [2.75, 3.05) is 6.16 Å². The molecule has 0 atom stereocenters. The molecule has 0 N–H and O–H groups in total. The maximum atomic E-state index is 2.43. The first-order chi connectivity index (χ1) is 14.6. The van der Waals surface area contributed by atoms with Crippen LogP contribution in [0.2, 0.25) is 0 Å². The average Bonchev–Trinajstić information content (AvgIpc) is 2.80. The first kappa shape index (κ1) is 20.6. The molecule has 150 valence electrons. The van der Waals surface area contributed by atoms with Gasteiger partial charge in [0.25, 0.3) is 0 Å². The van der Waals surface area contributed by atoms with Crippen LogP contribution < -0.4 is 15.9 Å². The summed E-state index contributed by atoms with van der Waals surface area (Å²) in [6.07, 6.45) is 2.20. The van der Waals surface area contributed by atoms with Crippen LogP contribution in [0.4, 0.5) is 0 Å². The van der Waals surface area contributed by atoms with Crippen LogP contribution >= 0.6 is 7.26 Å². The highest BCUT2D eigenvalue weighted by molar-refractivity contribution is 7.95. The van der Waals surface area contributed by atoms with E-state index in [1.807, 2.05) is 0 Å². The zero-order chi connectivity index (χ0) is 20.9. The van der Waals surface area contributed by atoms with Crippen LogP contribution in [-0.2, 0) is 6.42 Å². The Labute approximate surface area is 182 Å². The van der Waals surface area contributed by atoms with Gasteiger partial charge in [0.1, 0.15) is 23.2 Å². The molecule has 0 aliphatic rings. The van der Waals surface area contributed by atoms with Gasteiger partial charge in [0.2, 0.25) is 0 Å². The predicted octanol–water partition coefficient (Wildman–Crippen LogP) is 6.25. The molecule has 0 bridgehead atoms. The van der Waals surface area contributed by atoms with E-state index < -0.39 is 7.26 Å². The number of rotatable bonds is 7. The van der Waals surface area contributed by atoms with Gasteiger partial charge in [-0.05, 0) is 48.4 Å². The van der Waals surface area contributed by atoms with Crippen molar-refractivity contribution in [1.29, 1.82) is 0 Å². The van der Waals surface area contributed by atoms with E-state index in [0.29, 0.717) is 0 Å². The van der Waals surface area contributed by atoms with Crippen molar-refractivity contribution in [3.05, 3.63) is 127 Å². The van der Waals surface area contributed by atoms with E-state index in [1.54, 1.807) is 0 Å². The van der Waals surface area contributed by atoms with Crippen molar-refractivity contribution in [3.63, 3.8) is 0 Å². The molecule has 0 nitrogen and oxygen atoms in total. The third-order valence-corrected chi connectivity index (χ3v) is 10.7. The number of hydrogen-bond donors (Lipinski definition) is 0. The van der Waals surface area contributed by atoms with Gasteiger partial charge in [-0.15, -0.1) is 0 Å². The Bertz CT molecular complexity index is 942. The molecule has 1 heteroatoms. The Morgan fingerprint density at radius 3 is 1.20 bits per heavy atom. The van der Waals surface area contributed by atoms with Crippen molar-refractivity contribution >= 4 is 23.2 Å². The molecule has 4 rings (SSSR count). The summed E-state index contributed by atoms with van der Waals surface area (Å²) in [4.78, 5) is 0. The van der Waals surface area contributed by atoms with E-state index in [4.69, 9.17) is 0 Å². The normalized spacial score (nSPS) is 11.9. The average molecular weight is 410 g/mol. The Kier molecular flexibility index (Phi) is 6.16. The SMILES string of the molecule is CC(C)(Cc1ccccc1)C[P+](c1ccccc1)(c1ccccc1)c1ccccc1. The zero-order valence-electron chi connectivity index (χ0n) is 17.9. The molecule has 0 aliphatic carbocycles. The van der Waals surface area contributed by atoms with Crippen molar-refractivity contribution in [2.24, 2.45) is 5.41 Å². The van der Waals surface area contributed by atoms with Crippen LogP contribution in [0, 0.1) is 5.41 Å². The quantitative estimate of drug-likeness (QED) is 0.317. The maximum Gasteiger partial charge on any atom is 0.112 e. The van der Waals surface area contributed by atoms with Crippen LogP contribution in [0.1, 0.15) is 19.4 Å². The van der Waals surface area contributed by atoms with Gasteiger partial charge < -0.3 is 0 Å². The summed E-state index contributed by atoms with van der Waals surface area (Å²) in [6, 6.07) is 44.5. The second kappa shape index (κ2) is 8.99. The fraction of sp³-hybridized carbons (Fsp3) is 0.172. The second-order valence-electron chi connectivity index (χ2n) is 8.80. The third kappa shape index (κ3) is 4.40. The van der Waals surface area contributed by atoms with Crippen LogP contribution in [-0.4, -0.2) is 6.16 Å². The minimum absolute atomic E-state index is 0.149. The summed E-state index contributed by atoms with van der Waals surface area (Å²) in [7, 11) is -1.81. The summed E-state index contributed by atoms with van der Waals surface area (Å²) in [5, 5.41) is 4.38. The number of benzene rings is 4. The smallest absolute Gasteiger partial charge is 0.0622 e. The van der Waals surface area contributed by atoms with Crippen molar-refractivity contribution in [1.82, 2.24) is 0 Å². The van der Waals surface area contributed by atoms with Gasteiger partial charge in [0.15, 0.2) is 0 Å². The lowest BCUT2D eigenvalue weighted by Gasteiger charge is -2.35. The topological polar surface area (TPSA) is 0 Å². The minimum Gasteiger partial charge on any atom is -0.0622 e. The van der Waals surface area contributed by atoms with Gasteiger partial charge in [-0.1, -0.05) is 98.8 Å². The molecule has 0 saturated heterocycles. The molecule has 4 aromatic rings.